The zero-order valence-corrected chi connectivity index (χ0v) is 15.7. The lowest BCUT2D eigenvalue weighted by Gasteiger charge is -2.63. The Bertz CT molecular complexity index is 662. The minimum atomic E-state index is 0.176. The summed E-state index contributed by atoms with van der Waals surface area (Å²) in [4.78, 5) is 15.3. The lowest BCUT2D eigenvalue weighted by Crippen LogP contribution is -2.73. The fourth-order valence-electron chi connectivity index (χ4n) is 7.35. The van der Waals surface area contributed by atoms with Gasteiger partial charge in [-0.1, -0.05) is 12.1 Å². The molecule has 0 N–H and O–H groups in total. The Hall–Kier alpha value is -1.35. The van der Waals surface area contributed by atoms with Crippen LogP contribution in [0.3, 0.4) is 0 Å². The molecule has 1 atom stereocenters. The fourth-order valence-corrected chi connectivity index (χ4v) is 7.35. The van der Waals surface area contributed by atoms with Crippen molar-refractivity contribution in [2.75, 3.05) is 18.0 Å². The first-order chi connectivity index (χ1) is 12.1. The second-order valence-corrected chi connectivity index (χ2v) is 9.62. The maximum absolute atomic E-state index is 12.8. The highest BCUT2D eigenvalue weighted by Gasteiger charge is 2.63. The number of fused-ring (bicyclic) bond motifs is 1. The van der Waals surface area contributed by atoms with E-state index in [2.05, 4.69) is 43.0 Å². The zero-order chi connectivity index (χ0) is 17.2. The van der Waals surface area contributed by atoms with Crippen molar-refractivity contribution in [3.8, 4) is 0 Å². The highest BCUT2D eigenvalue weighted by Crippen LogP contribution is 2.61. The first-order valence-corrected chi connectivity index (χ1v) is 10.3. The van der Waals surface area contributed by atoms with E-state index >= 15 is 0 Å². The quantitative estimate of drug-likeness (QED) is 0.603. The normalized spacial score (nSPS) is 41.9. The van der Waals surface area contributed by atoms with E-state index in [9.17, 15) is 4.79 Å². The summed E-state index contributed by atoms with van der Waals surface area (Å²) in [5, 5.41) is 0. The number of nitrogens with zero attached hydrogens (tertiary/aromatic N) is 2. The summed E-state index contributed by atoms with van der Waals surface area (Å²) in [6, 6.07) is 9.24. The summed E-state index contributed by atoms with van der Waals surface area (Å²) in [7, 11) is 0. The first kappa shape index (κ1) is 15.9. The van der Waals surface area contributed by atoms with Crippen LogP contribution in [0.2, 0.25) is 0 Å². The summed E-state index contributed by atoms with van der Waals surface area (Å²) in [5.41, 5.74) is 2.75. The van der Waals surface area contributed by atoms with Gasteiger partial charge >= 0.3 is 6.41 Å². The van der Waals surface area contributed by atoms with Crippen molar-refractivity contribution in [1.29, 1.82) is 0 Å². The molecule has 134 valence electrons. The van der Waals surface area contributed by atoms with Gasteiger partial charge in [-0.25, -0.2) is 9.28 Å². The predicted molar refractivity (Wildman–Crippen MR) is 103 cm³/mol. The Labute approximate surface area is 151 Å². The second kappa shape index (κ2) is 5.33. The molecule has 4 saturated carbocycles. The second-order valence-electron chi connectivity index (χ2n) is 9.62. The molecule has 1 aliphatic heterocycles. The van der Waals surface area contributed by atoms with Gasteiger partial charge in [-0.3, -0.25) is 0 Å². The zero-order valence-electron chi connectivity index (χ0n) is 15.7. The number of hydrogen-bond donors (Lipinski definition) is 0. The van der Waals surface area contributed by atoms with Crippen molar-refractivity contribution in [2.24, 2.45) is 17.8 Å². The van der Waals surface area contributed by atoms with Gasteiger partial charge in [0, 0.05) is 31.4 Å². The molecule has 4 aliphatic carbocycles. The molecule has 1 amide bonds. The molecule has 4 fully saturated rings. The molecular formula is C22H31N2O+. The number of amides is 1. The van der Waals surface area contributed by atoms with Gasteiger partial charge in [0.05, 0.1) is 12.2 Å². The van der Waals surface area contributed by atoms with E-state index in [4.69, 9.17) is 0 Å². The summed E-state index contributed by atoms with van der Waals surface area (Å²) in [5.74, 6) is 2.62. The average Bonchev–Trinajstić information content (AvgIpc) is 2.59. The lowest BCUT2D eigenvalue weighted by atomic mass is 9.51. The lowest BCUT2D eigenvalue weighted by molar-refractivity contribution is -0.135. The van der Waals surface area contributed by atoms with Gasteiger partial charge in [0.1, 0.15) is 12.1 Å². The van der Waals surface area contributed by atoms with E-state index in [1.165, 1.54) is 56.3 Å². The van der Waals surface area contributed by atoms with Crippen LogP contribution in [0.4, 0.5) is 11.4 Å². The van der Waals surface area contributed by atoms with Crippen LogP contribution in [-0.4, -0.2) is 31.1 Å². The largest absolute Gasteiger partial charge is 0.359 e. The van der Waals surface area contributed by atoms with Gasteiger partial charge in [-0.2, -0.15) is 0 Å². The van der Waals surface area contributed by atoms with Gasteiger partial charge in [-0.05, 0) is 56.9 Å². The van der Waals surface area contributed by atoms with Crippen LogP contribution in [0.15, 0.2) is 24.3 Å². The number of anilines is 1. The van der Waals surface area contributed by atoms with Gasteiger partial charge in [-0.15, -0.1) is 0 Å². The van der Waals surface area contributed by atoms with Crippen LogP contribution >= 0.6 is 0 Å². The summed E-state index contributed by atoms with van der Waals surface area (Å²) in [6.07, 6.45) is 9.44. The molecule has 3 heteroatoms. The van der Waals surface area contributed by atoms with E-state index in [1.807, 2.05) is 0 Å². The molecular weight excluding hydrogens is 308 g/mol. The molecule has 25 heavy (non-hydrogen) atoms. The van der Waals surface area contributed by atoms with Crippen molar-refractivity contribution in [3.05, 3.63) is 24.3 Å². The molecule has 4 bridgehead atoms. The highest BCUT2D eigenvalue weighted by atomic mass is 16.1. The molecule has 1 unspecified atom stereocenters. The van der Waals surface area contributed by atoms with Crippen LogP contribution in [-0.2, 0) is 4.79 Å². The monoisotopic (exact) mass is 339 g/mol. The summed E-state index contributed by atoms with van der Waals surface area (Å²) < 4.78 is 0.607. The topological polar surface area (TPSA) is 20.3 Å². The molecule has 1 aromatic rings. The standard InChI is InChI=1S/C22H31N2O/c1-16(2)23-7-8-24(15-25,21-6-4-3-5-20(21)23)22-12-17-9-18(13-22)11-19(10-17)14-22/h3-6,15-19H,7-14H2,1-2H3/q+1. The van der Waals surface area contributed by atoms with Gasteiger partial charge < -0.3 is 4.90 Å². The van der Waals surface area contributed by atoms with Crippen molar-refractivity contribution in [3.63, 3.8) is 0 Å². The molecule has 0 spiro atoms. The molecule has 0 radical (unpaired) electrons. The van der Waals surface area contributed by atoms with Gasteiger partial charge in [0.2, 0.25) is 0 Å². The number of carbonyl (C=O) groups excluding carboxylic acids is 1. The Morgan fingerprint density at radius 3 is 2.24 bits per heavy atom. The van der Waals surface area contributed by atoms with Crippen LogP contribution in [0.25, 0.3) is 0 Å². The van der Waals surface area contributed by atoms with Gasteiger partial charge in [0.15, 0.2) is 5.69 Å². The minimum Gasteiger partial charge on any atom is -0.359 e. The SMILES string of the molecule is CC(C)N1CC[N+](C=O)(C23CC4CC(CC(C4)C2)C3)c2ccccc21. The van der Waals surface area contributed by atoms with Crippen LogP contribution in [0.5, 0.6) is 0 Å². The first-order valence-electron chi connectivity index (χ1n) is 10.3. The van der Waals surface area contributed by atoms with Crippen LogP contribution in [0, 0.1) is 17.8 Å². The van der Waals surface area contributed by atoms with Gasteiger partial charge in [0.25, 0.3) is 0 Å². The third-order valence-corrected chi connectivity index (χ3v) is 7.97. The molecule has 1 heterocycles. The molecule has 1 aromatic carbocycles. The van der Waals surface area contributed by atoms with E-state index < -0.39 is 0 Å². The van der Waals surface area contributed by atoms with E-state index in [0.29, 0.717) is 10.5 Å². The Kier molecular flexibility index (Phi) is 3.38. The van der Waals surface area contributed by atoms with E-state index in [0.717, 1.165) is 30.8 Å². The Morgan fingerprint density at radius 2 is 1.68 bits per heavy atom. The number of quaternary nitrogens is 1. The number of para-hydroxylation sites is 2. The summed E-state index contributed by atoms with van der Waals surface area (Å²) >= 11 is 0. The van der Waals surface area contributed by atoms with Crippen molar-refractivity contribution in [2.45, 2.75) is 64.0 Å². The Balaban J connectivity index is 1.66. The molecule has 6 rings (SSSR count). The third-order valence-electron chi connectivity index (χ3n) is 7.97. The molecule has 3 nitrogen and oxygen atoms in total. The Morgan fingerprint density at radius 1 is 1.08 bits per heavy atom. The predicted octanol–water partition coefficient (Wildman–Crippen LogP) is 4.35. The summed E-state index contributed by atoms with van der Waals surface area (Å²) in [6.45, 7) is 6.48. The number of hydrogen-bond acceptors (Lipinski definition) is 2. The minimum absolute atomic E-state index is 0.176. The number of carbonyl (C=O) groups is 1. The van der Waals surface area contributed by atoms with Crippen LogP contribution in [0.1, 0.15) is 52.4 Å². The third kappa shape index (κ3) is 2.05. The molecule has 0 aromatic heterocycles. The maximum atomic E-state index is 12.8. The van der Waals surface area contributed by atoms with Crippen molar-refractivity contribution in [1.82, 2.24) is 4.48 Å². The average molecular weight is 340 g/mol. The van der Waals surface area contributed by atoms with E-state index in [1.54, 1.807) is 0 Å². The van der Waals surface area contributed by atoms with Crippen molar-refractivity contribution >= 4 is 17.8 Å². The molecule has 5 aliphatic rings. The smallest absolute Gasteiger partial charge is 0.307 e. The highest BCUT2D eigenvalue weighted by molar-refractivity contribution is 5.83. The number of benzene rings is 1. The van der Waals surface area contributed by atoms with Crippen molar-refractivity contribution < 1.29 is 4.79 Å². The molecule has 0 saturated heterocycles. The number of rotatable bonds is 3. The van der Waals surface area contributed by atoms with Crippen LogP contribution < -0.4 is 9.38 Å². The maximum Gasteiger partial charge on any atom is 0.307 e. The van der Waals surface area contributed by atoms with E-state index in [-0.39, 0.29) is 5.54 Å². The fraction of sp³-hybridized carbons (Fsp3) is 0.682.